The minimum atomic E-state index is 0.495. The summed E-state index contributed by atoms with van der Waals surface area (Å²) in [6, 6.07) is 12.8. The smallest absolute Gasteiger partial charge is 0.147 e. The van der Waals surface area contributed by atoms with Crippen molar-refractivity contribution >= 4 is 23.7 Å². The molecule has 0 saturated carbocycles. The molecule has 0 N–H and O–H groups in total. The van der Waals surface area contributed by atoms with E-state index in [1.165, 1.54) is 22.9 Å². The zero-order valence-corrected chi connectivity index (χ0v) is 16.4. The molecule has 0 amide bonds. The van der Waals surface area contributed by atoms with Gasteiger partial charge in [-0.2, -0.15) is 10.5 Å². The normalized spacial score (nSPS) is 10.5. The number of thioether (sulfide) groups is 1. The molecule has 0 fully saturated rings. The minimum absolute atomic E-state index is 0.495. The van der Waals surface area contributed by atoms with Gasteiger partial charge in [0.05, 0.1) is 11.1 Å². The molecule has 0 saturated heterocycles. The summed E-state index contributed by atoms with van der Waals surface area (Å²) in [4.78, 5) is 6.45. The number of benzene rings is 1. The lowest BCUT2D eigenvalue weighted by Crippen LogP contribution is -2.15. The maximum absolute atomic E-state index is 9.64. The Balaban J connectivity index is 2.38. The average molecular weight is 363 g/mol. The number of nitrogens with zero attached hydrogens (tertiary/aromatic N) is 4. The van der Waals surface area contributed by atoms with Crippen LogP contribution in [0.15, 0.2) is 35.4 Å². The van der Waals surface area contributed by atoms with Crippen molar-refractivity contribution in [1.29, 1.82) is 10.5 Å². The van der Waals surface area contributed by atoms with Gasteiger partial charge in [-0.3, -0.25) is 0 Å². The van der Waals surface area contributed by atoms with Crippen LogP contribution >= 0.6 is 11.8 Å². The Kier molecular flexibility index (Phi) is 6.83. The highest BCUT2D eigenvalue weighted by Gasteiger charge is 2.20. The van der Waals surface area contributed by atoms with E-state index in [1.54, 1.807) is 0 Å². The van der Waals surface area contributed by atoms with E-state index in [9.17, 15) is 10.5 Å². The highest BCUT2D eigenvalue weighted by Crippen LogP contribution is 2.32. The highest BCUT2D eigenvalue weighted by molar-refractivity contribution is 7.98. The van der Waals surface area contributed by atoms with Gasteiger partial charge in [0.25, 0.3) is 0 Å². The van der Waals surface area contributed by atoms with Crippen molar-refractivity contribution in [3.05, 3.63) is 58.2 Å². The van der Waals surface area contributed by atoms with E-state index in [0.717, 1.165) is 11.3 Å². The Bertz CT molecular complexity index is 884. The highest BCUT2D eigenvalue weighted by atomic mass is 32.2. The lowest BCUT2D eigenvalue weighted by atomic mass is 10.0. The number of hydrogen-bond donors (Lipinski definition) is 0. The van der Waals surface area contributed by atoms with Crippen LogP contribution in [-0.2, 0) is 12.2 Å². The molecular formula is C21H22N4S. The van der Waals surface area contributed by atoms with Crippen molar-refractivity contribution in [1.82, 2.24) is 4.98 Å². The lowest BCUT2D eigenvalue weighted by molar-refractivity contribution is 0.964. The van der Waals surface area contributed by atoms with Gasteiger partial charge in [-0.05, 0) is 30.0 Å². The molecule has 1 aromatic heterocycles. The number of allylic oxidation sites excluding steroid dienone is 1. The minimum Gasteiger partial charge on any atom is -0.362 e. The van der Waals surface area contributed by atoms with Crippen LogP contribution in [0.1, 0.15) is 41.7 Å². The summed E-state index contributed by atoms with van der Waals surface area (Å²) in [6.45, 7) is 3.96. The van der Waals surface area contributed by atoms with Crippen molar-refractivity contribution in [3.8, 4) is 12.1 Å². The second-order valence-corrected chi connectivity index (χ2v) is 6.94. The largest absolute Gasteiger partial charge is 0.362 e. The number of pyridine rings is 1. The van der Waals surface area contributed by atoms with Crippen molar-refractivity contribution < 1.29 is 0 Å². The summed E-state index contributed by atoms with van der Waals surface area (Å²) in [5.74, 6) is 1.34. The zero-order chi connectivity index (χ0) is 19.1. The molecule has 5 heteroatoms. The Morgan fingerprint density at radius 2 is 1.77 bits per heavy atom. The zero-order valence-electron chi connectivity index (χ0n) is 15.6. The maximum Gasteiger partial charge on any atom is 0.147 e. The number of nitriles is 2. The lowest BCUT2D eigenvalue weighted by Gasteiger charge is -2.18. The third kappa shape index (κ3) is 4.25. The molecule has 0 spiro atoms. The van der Waals surface area contributed by atoms with Crippen LogP contribution in [-0.4, -0.2) is 19.1 Å². The van der Waals surface area contributed by atoms with Gasteiger partial charge in [0.2, 0.25) is 0 Å². The summed E-state index contributed by atoms with van der Waals surface area (Å²) in [5.41, 5.74) is 4.13. The topological polar surface area (TPSA) is 63.7 Å². The maximum atomic E-state index is 9.64. The van der Waals surface area contributed by atoms with Crippen molar-refractivity contribution in [3.63, 3.8) is 0 Å². The first kappa shape index (κ1) is 19.6. The molecule has 0 aliphatic rings. The van der Waals surface area contributed by atoms with Crippen LogP contribution in [0.2, 0.25) is 0 Å². The molecule has 0 unspecified atom stereocenters. The van der Waals surface area contributed by atoms with Crippen molar-refractivity contribution in [2.45, 2.75) is 31.0 Å². The molecule has 1 heterocycles. The summed E-state index contributed by atoms with van der Waals surface area (Å²) in [7, 11) is 3.73. The Labute approximate surface area is 159 Å². The molecule has 0 atom stereocenters. The fraction of sp³-hybridized carbons (Fsp3) is 0.286. The third-order valence-corrected chi connectivity index (χ3v) is 5.01. The van der Waals surface area contributed by atoms with E-state index in [1.807, 2.05) is 38.9 Å². The SMILES string of the molecule is C/C=C/c1ccc(CSc2nc(N(C)C)c(C#N)c(CC)c2C#N)cc1. The van der Waals surface area contributed by atoms with E-state index in [-0.39, 0.29) is 0 Å². The molecule has 26 heavy (non-hydrogen) atoms. The van der Waals surface area contributed by atoms with E-state index in [0.29, 0.717) is 28.4 Å². The number of aromatic nitrogens is 1. The Morgan fingerprint density at radius 3 is 2.27 bits per heavy atom. The van der Waals surface area contributed by atoms with Gasteiger partial charge in [-0.15, -0.1) is 11.8 Å². The van der Waals surface area contributed by atoms with E-state index >= 15 is 0 Å². The number of hydrogen-bond acceptors (Lipinski definition) is 5. The average Bonchev–Trinajstić information content (AvgIpc) is 2.65. The first-order chi connectivity index (χ1) is 12.5. The molecule has 0 aliphatic carbocycles. The quantitative estimate of drug-likeness (QED) is 0.692. The predicted molar refractivity (Wildman–Crippen MR) is 108 cm³/mol. The molecule has 2 rings (SSSR count). The van der Waals surface area contributed by atoms with Crippen molar-refractivity contribution in [2.75, 3.05) is 19.0 Å². The second kappa shape index (κ2) is 9.08. The van der Waals surface area contributed by atoms with Gasteiger partial charge in [-0.25, -0.2) is 4.98 Å². The second-order valence-electron chi connectivity index (χ2n) is 5.97. The Morgan fingerprint density at radius 1 is 1.12 bits per heavy atom. The van der Waals surface area contributed by atoms with E-state index < -0.39 is 0 Å². The number of anilines is 1. The molecule has 4 nitrogen and oxygen atoms in total. The van der Waals surface area contributed by atoms with Gasteiger partial charge < -0.3 is 4.90 Å². The molecule has 0 bridgehead atoms. The van der Waals surface area contributed by atoms with Gasteiger partial charge in [0, 0.05) is 19.8 Å². The molecular weight excluding hydrogens is 340 g/mol. The fourth-order valence-electron chi connectivity index (χ4n) is 2.68. The third-order valence-electron chi connectivity index (χ3n) is 3.96. The molecule has 0 aliphatic heterocycles. The van der Waals surface area contributed by atoms with Crippen LogP contribution in [0.3, 0.4) is 0 Å². The summed E-state index contributed by atoms with van der Waals surface area (Å²) in [5, 5.41) is 19.9. The van der Waals surface area contributed by atoms with Crippen LogP contribution in [0.4, 0.5) is 5.82 Å². The van der Waals surface area contributed by atoms with Gasteiger partial charge in [-0.1, -0.05) is 43.3 Å². The van der Waals surface area contributed by atoms with E-state index in [4.69, 9.17) is 0 Å². The summed E-state index contributed by atoms with van der Waals surface area (Å²) in [6.07, 6.45) is 4.70. The van der Waals surface area contributed by atoms with Crippen LogP contribution in [0.5, 0.6) is 0 Å². The molecule has 132 valence electrons. The van der Waals surface area contributed by atoms with Crippen LogP contribution in [0, 0.1) is 22.7 Å². The molecule has 1 aromatic carbocycles. The van der Waals surface area contributed by atoms with Gasteiger partial charge in [0.15, 0.2) is 0 Å². The number of rotatable bonds is 6. The summed E-state index contributed by atoms with van der Waals surface area (Å²) < 4.78 is 0. The van der Waals surface area contributed by atoms with E-state index in [2.05, 4.69) is 47.5 Å². The molecule has 0 radical (unpaired) electrons. The van der Waals surface area contributed by atoms with Gasteiger partial charge >= 0.3 is 0 Å². The standard InChI is InChI=1S/C21H22N4S/c1-5-7-15-8-10-16(11-9-15)14-26-21-19(13-23)17(6-2)18(12-22)20(24-21)25(3)4/h5,7-11H,6,14H2,1-4H3/b7-5+. The van der Waals surface area contributed by atoms with Crippen LogP contribution < -0.4 is 4.90 Å². The van der Waals surface area contributed by atoms with Gasteiger partial charge in [0.1, 0.15) is 23.0 Å². The Hall–Kier alpha value is -2.76. The summed E-state index contributed by atoms with van der Waals surface area (Å²) >= 11 is 1.54. The van der Waals surface area contributed by atoms with Crippen molar-refractivity contribution in [2.24, 2.45) is 0 Å². The molecule has 2 aromatic rings. The first-order valence-corrected chi connectivity index (χ1v) is 9.43. The van der Waals surface area contributed by atoms with Crippen LogP contribution in [0.25, 0.3) is 6.08 Å². The first-order valence-electron chi connectivity index (χ1n) is 8.44. The predicted octanol–water partition coefficient (Wildman–Crippen LogP) is 4.78. The fourth-order valence-corrected chi connectivity index (χ4v) is 3.64. The monoisotopic (exact) mass is 362 g/mol.